The first kappa shape index (κ1) is 9.53. The van der Waals surface area contributed by atoms with Crippen LogP contribution in [0.5, 0.6) is 0 Å². The fourth-order valence-corrected chi connectivity index (χ4v) is 2.06. The van der Waals surface area contributed by atoms with Gasteiger partial charge in [-0.1, -0.05) is 0 Å². The Balaban J connectivity index is 2.29. The number of rotatable bonds is 1. The lowest BCUT2D eigenvalue weighted by Crippen LogP contribution is -1.94. The van der Waals surface area contributed by atoms with E-state index in [1.165, 1.54) is 0 Å². The van der Waals surface area contributed by atoms with Crippen molar-refractivity contribution in [3.05, 3.63) is 35.5 Å². The second-order valence-corrected chi connectivity index (χ2v) is 4.34. The highest BCUT2D eigenvalue weighted by Gasteiger charge is 2.08. The summed E-state index contributed by atoms with van der Waals surface area (Å²) in [6, 6.07) is 0. The molecular formula is C10H8BrN5. The normalized spacial score (nSPS) is 11.1. The van der Waals surface area contributed by atoms with E-state index in [0.29, 0.717) is 0 Å². The van der Waals surface area contributed by atoms with E-state index >= 15 is 0 Å². The molecule has 3 heterocycles. The molecule has 0 aromatic carbocycles. The van der Waals surface area contributed by atoms with E-state index in [9.17, 15) is 0 Å². The maximum atomic E-state index is 4.33. The van der Waals surface area contributed by atoms with Crippen LogP contribution in [0, 0.1) is 0 Å². The van der Waals surface area contributed by atoms with Gasteiger partial charge in [-0.2, -0.15) is 10.2 Å². The molecule has 0 aliphatic heterocycles. The summed E-state index contributed by atoms with van der Waals surface area (Å²) in [6.07, 6.45) is 9.05. The molecule has 0 amide bonds. The smallest absolute Gasteiger partial charge is 0.103 e. The van der Waals surface area contributed by atoms with Crippen molar-refractivity contribution in [2.45, 2.75) is 0 Å². The summed E-state index contributed by atoms with van der Waals surface area (Å²) in [5.41, 5.74) is 1.89. The molecule has 0 atom stereocenters. The summed E-state index contributed by atoms with van der Waals surface area (Å²) < 4.78 is 4.51. The Bertz CT molecular complexity index is 654. The van der Waals surface area contributed by atoms with Crippen LogP contribution < -0.4 is 0 Å². The highest BCUT2D eigenvalue weighted by atomic mass is 79.9. The third-order valence-electron chi connectivity index (χ3n) is 2.38. The summed E-state index contributed by atoms with van der Waals surface area (Å²) in [4.78, 5) is 4.14. The molecule has 0 saturated heterocycles. The largest absolute Gasteiger partial charge is 0.274 e. The SMILES string of the molecule is Cn1cc(-n2ncc3c(Br)cncc32)cn1. The van der Waals surface area contributed by atoms with Crippen LogP contribution in [0.2, 0.25) is 0 Å². The number of halogens is 1. The molecule has 0 unspecified atom stereocenters. The van der Waals surface area contributed by atoms with E-state index in [0.717, 1.165) is 21.1 Å². The summed E-state index contributed by atoms with van der Waals surface area (Å²) in [5.74, 6) is 0. The van der Waals surface area contributed by atoms with Gasteiger partial charge in [0.1, 0.15) is 5.69 Å². The van der Waals surface area contributed by atoms with E-state index in [-0.39, 0.29) is 0 Å². The zero-order valence-electron chi connectivity index (χ0n) is 8.50. The molecule has 6 heteroatoms. The zero-order valence-corrected chi connectivity index (χ0v) is 10.1. The Morgan fingerprint density at radius 2 is 2.00 bits per heavy atom. The molecule has 16 heavy (non-hydrogen) atoms. The monoisotopic (exact) mass is 277 g/mol. The first-order valence-corrected chi connectivity index (χ1v) is 5.51. The van der Waals surface area contributed by atoms with Crippen molar-refractivity contribution in [2.24, 2.45) is 7.05 Å². The van der Waals surface area contributed by atoms with E-state index < -0.39 is 0 Å². The second-order valence-electron chi connectivity index (χ2n) is 3.48. The number of nitrogens with zero attached hydrogens (tertiary/aromatic N) is 5. The summed E-state index contributed by atoms with van der Waals surface area (Å²) in [7, 11) is 1.88. The van der Waals surface area contributed by atoms with Gasteiger partial charge in [-0.25, -0.2) is 4.68 Å². The summed E-state index contributed by atoms with van der Waals surface area (Å²) >= 11 is 3.45. The van der Waals surface area contributed by atoms with Crippen molar-refractivity contribution < 1.29 is 0 Å². The number of pyridine rings is 1. The summed E-state index contributed by atoms with van der Waals surface area (Å²) in [6.45, 7) is 0. The van der Waals surface area contributed by atoms with E-state index in [2.05, 4.69) is 31.1 Å². The minimum Gasteiger partial charge on any atom is -0.274 e. The Kier molecular flexibility index (Phi) is 2.03. The van der Waals surface area contributed by atoms with Gasteiger partial charge in [-0.15, -0.1) is 0 Å². The van der Waals surface area contributed by atoms with Crippen LogP contribution in [-0.2, 0) is 7.05 Å². The molecule has 3 rings (SSSR count). The first-order valence-electron chi connectivity index (χ1n) is 4.72. The molecule has 3 aromatic heterocycles. The minimum atomic E-state index is 0.928. The van der Waals surface area contributed by atoms with Gasteiger partial charge in [-0.05, 0) is 15.9 Å². The van der Waals surface area contributed by atoms with Crippen molar-refractivity contribution in [2.75, 3.05) is 0 Å². The number of hydrogen-bond donors (Lipinski definition) is 0. The minimum absolute atomic E-state index is 0.928. The maximum absolute atomic E-state index is 4.33. The zero-order chi connectivity index (χ0) is 11.1. The molecule has 0 spiro atoms. The van der Waals surface area contributed by atoms with Crippen LogP contribution in [0.4, 0.5) is 0 Å². The van der Waals surface area contributed by atoms with Gasteiger partial charge < -0.3 is 0 Å². The molecule has 0 bridgehead atoms. The number of hydrogen-bond acceptors (Lipinski definition) is 3. The van der Waals surface area contributed by atoms with E-state index in [1.54, 1.807) is 23.3 Å². The Morgan fingerprint density at radius 3 is 2.75 bits per heavy atom. The fourth-order valence-electron chi connectivity index (χ4n) is 1.63. The van der Waals surface area contributed by atoms with Crippen molar-refractivity contribution in [3.63, 3.8) is 0 Å². The molecule has 0 aliphatic rings. The van der Waals surface area contributed by atoms with Gasteiger partial charge in [0, 0.05) is 23.1 Å². The highest BCUT2D eigenvalue weighted by molar-refractivity contribution is 9.10. The van der Waals surface area contributed by atoms with Gasteiger partial charge in [0.25, 0.3) is 0 Å². The first-order chi connectivity index (χ1) is 7.75. The van der Waals surface area contributed by atoms with Crippen LogP contribution in [0.3, 0.4) is 0 Å². The van der Waals surface area contributed by atoms with Crippen LogP contribution in [-0.4, -0.2) is 24.5 Å². The lowest BCUT2D eigenvalue weighted by molar-refractivity contribution is 0.766. The lowest BCUT2D eigenvalue weighted by atomic mass is 10.3. The molecule has 0 N–H and O–H groups in total. The molecular weight excluding hydrogens is 270 g/mol. The predicted octanol–water partition coefficient (Wildman–Crippen LogP) is 1.92. The average Bonchev–Trinajstić information content (AvgIpc) is 2.84. The summed E-state index contributed by atoms with van der Waals surface area (Å²) in [5, 5.41) is 9.50. The number of aryl methyl sites for hydroxylation is 1. The molecule has 3 aromatic rings. The highest BCUT2D eigenvalue weighted by Crippen LogP contribution is 2.23. The third kappa shape index (κ3) is 1.34. The molecule has 80 valence electrons. The molecule has 0 fully saturated rings. The Labute approximate surface area is 99.8 Å². The quantitative estimate of drug-likeness (QED) is 0.683. The van der Waals surface area contributed by atoms with Gasteiger partial charge in [0.05, 0.1) is 30.3 Å². The second kappa shape index (κ2) is 3.41. The van der Waals surface area contributed by atoms with E-state index in [4.69, 9.17) is 0 Å². The van der Waals surface area contributed by atoms with Crippen molar-refractivity contribution >= 4 is 26.8 Å². The Hall–Kier alpha value is -1.69. The third-order valence-corrected chi connectivity index (χ3v) is 3.02. The fraction of sp³-hybridized carbons (Fsp3) is 0.100. The molecule has 0 radical (unpaired) electrons. The lowest BCUT2D eigenvalue weighted by Gasteiger charge is -1.98. The Morgan fingerprint density at radius 1 is 1.12 bits per heavy atom. The molecule has 0 saturated carbocycles. The van der Waals surface area contributed by atoms with Crippen LogP contribution in [0.25, 0.3) is 16.6 Å². The van der Waals surface area contributed by atoms with Crippen LogP contribution in [0.1, 0.15) is 0 Å². The number of aromatic nitrogens is 5. The molecule has 5 nitrogen and oxygen atoms in total. The van der Waals surface area contributed by atoms with Gasteiger partial charge in [-0.3, -0.25) is 9.67 Å². The van der Waals surface area contributed by atoms with Gasteiger partial charge >= 0.3 is 0 Å². The van der Waals surface area contributed by atoms with Crippen molar-refractivity contribution in [1.29, 1.82) is 0 Å². The van der Waals surface area contributed by atoms with Crippen LogP contribution >= 0.6 is 15.9 Å². The van der Waals surface area contributed by atoms with Gasteiger partial charge in [0.15, 0.2) is 0 Å². The molecule has 0 aliphatic carbocycles. The van der Waals surface area contributed by atoms with Crippen molar-refractivity contribution in [1.82, 2.24) is 24.5 Å². The van der Waals surface area contributed by atoms with Crippen LogP contribution in [0.15, 0.2) is 35.5 Å². The topological polar surface area (TPSA) is 48.5 Å². The number of fused-ring (bicyclic) bond motifs is 1. The van der Waals surface area contributed by atoms with Crippen molar-refractivity contribution in [3.8, 4) is 5.69 Å². The van der Waals surface area contributed by atoms with Gasteiger partial charge in [0.2, 0.25) is 0 Å². The predicted molar refractivity (Wildman–Crippen MR) is 63.3 cm³/mol. The van der Waals surface area contributed by atoms with E-state index in [1.807, 2.05) is 24.1 Å². The standard InChI is InChI=1S/C10H8BrN5/c1-15-6-7(2-13-15)16-10-5-12-4-9(11)8(10)3-14-16/h2-6H,1H3. The maximum Gasteiger partial charge on any atom is 0.103 e. The average molecular weight is 278 g/mol.